The Morgan fingerprint density at radius 2 is 2.05 bits per heavy atom. The maximum absolute atomic E-state index is 12.2. The molecule has 1 aromatic carbocycles. The molecule has 4 nitrogen and oxygen atoms in total. The molecule has 0 bridgehead atoms. The van der Waals surface area contributed by atoms with Crippen LogP contribution in [0.1, 0.15) is 29.9 Å². The van der Waals surface area contributed by atoms with E-state index >= 15 is 0 Å². The monoisotopic (exact) mass is 323 g/mol. The van der Waals surface area contributed by atoms with Crippen LogP contribution in [-0.4, -0.2) is 17.6 Å². The van der Waals surface area contributed by atoms with Crippen molar-refractivity contribution in [3.05, 3.63) is 44.2 Å². The number of benzene rings is 1. The lowest BCUT2D eigenvalue weighted by atomic mass is 10.1. The molecule has 0 spiro atoms. The van der Waals surface area contributed by atoms with Crippen molar-refractivity contribution in [3.63, 3.8) is 0 Å². The minimum Gasteiger partial charge on any atom is -0.461 e. The van der Waals surface area contributed by atoms with Crippen LogP contribution in [0.5, 0.6) is 0 Å². The first-order valence-corrected chi connectivity index (χ1v) is 6.88. The van der Waals surface area contributed by atoms with Crippen LogP contribution in [0.2, 0.25) is 0 Å². The van der Waals surface area contributed by atoms with Crippen molar-refractivity contribution < 1.29 is 9.53 Å². The third kappa shape index (κ3) is 2.71. The first-order valence-electron chi connectivity index (χ1n) is 6.09. The number of nitrogens with one attached hydrogen (secondary N) is 1. The molecule has 19 heavy (non-hydrogen) atoms. The second kappa shape index (κ2) is 5.57. The third-order valence-electron chi connectivity index (χ3n) is 2.85. The van der Waals surface area contributed by atoms with Crippen molar-refractivity contribution in [2.24, 2.45) is 0 Å². The van der Waals surface area contributed by atoms with Gasteiger partial charge >= 0.3 is 5.97 Å². The molecule has 2 aromatic rings. The van der Waals surface area contributed by atoms with Crippen LogP contribution < -0.4 is 5.43 Å². The number of aromatic nitrogens is 1. The van der Waals surface area contributed by atoms with Gasteiger partial charge in [-0.15, -0.1) is 0 Å². The Labute approximate surface area is 118 Å². The minimum absolute atomic E-state index is 0.166. The number of carbonyl (C=O) groups excluding carboxylic acids is 1. The maximum atomic E-state index is 12.2. The highest BCUT2D eigenvalue weighted by Gasteiger charge is 2.12. The van der Waals surface area contributed by atoms with Crippen LogP contribution in [-0.2, 0) is 11.2 Å². The van der Waals surface area contributed by atoms with E-state index in [2.05, 4.69) is 20.9 Å². The average Bonchev–Trinajstić information content (AvgIpc) is 2.37. The Hall–Kier alpha value is -1.62. The number of ether oxygens (including phenoxy) is 1. The predicted octanol–water partition coefficient (Wildman–Crippen LogP) is 3.03. The zero-order valence-corrected chi connectivity index (χ0v) is 12.3. The molecule has 0 aliphatic heterocycles. The highest BCUT2D eigenvalue weighted by Crippen LogP contribution is 2.21. The number of H-pyrrole nitrogens is 1. The van der Waals surface area contributed by atoms with Gasteiger partial charge in [0, 0.05) is 15.9 Å². The molecule has 0 saturated carbocycles. The van der Waals surface area contributed by atoms with Gasteiger partial charge in [0.2, 0.25) is 0 Å². The lowest BCUT2D eigenvalue weighted by Crippen LogP contribution is -2.13. The number of rotatable bonds is 3. The fourth-order valence-electron chi connectivity index (χ4n) is 2.03. The zero-order valence-electron chi connectivity index (χ0n) is 10.7. The van der Waals surface area contributed by atoms with E-state index in [1.54, 1.807) is 13.0 Å². The maximum Gasteiger partial charge on any atom is 0.354 e. The van der Waals surface area contributed by atoms with E-state index in [-0.39, 0.29) is 17.7 Å². The number of halogens is 1. The summed E-state index contributed by atoms with van der Waals surface area (Å²) in [6, 6.07) is 5.01. The number of carbonyl (C=O) groups is 1. The first-order chi connectivity index (χ1) is 9.06. The van der Waals surface area contributed by atoms with Crippen LogP contribution in [0.25, 0.3) is 10.9 Å². The second-order valence-electron chi connectivity index (χ2n) is 4.11. The topological polar surface area (TPSA) is 59.2 Å². The molecule has 100 valence electrons. The SMILES string of the molecule is CCOC(=O)c1cc(=O)c2c(CC)cc(Br)cc2[nH]1. The zero-order chi connectivity index (χ0) is 14.0. The summed E-state index contributed by atoms with van der Waals surface area (Å²) in [5, 5.41) is 0.624. The van der Waals surface area contributed by atoms with Gasteiger partial charge in [-0.2, -0.15) is 0 Å². The van der Waals surface area contributed by atoms with Crippen LogP contribution in [0, 0.1) is 0 Å². The molecular weight excluding hydrogens is 310 g/mol. The van der Waals surface area contributed by atoms with Gasteiger partial charge in [0.25, 0.3) is 0 Å². The van der Waals surface area contributed by atoms with Gasteiger partial charge in [-0.3, -0.25) is 4.79 Å². The molecular formula is C14H14BrNO3. The number of esters is 1. The molecule has 0 fully saturated rings. The minimum atomic E-state index is -0.514. The summed E-state index contributed by atoms with van der Waals surface area (Å²) < 4.78 is 5.77. The van der Waals surface area contributed by atoms with Crippen molar-refractivity contribution in [3.8, 4) is 0 Å². The number of hydrogen-bond acceptors (Lipinski definition) is 3. The summed E-state index contributed by atoms with van der Waals surface area (Å²) in [5.41, 5.74) is 1.60. The predicted molar refractivity (Wildman–Crippen MR) is 77.6 cm³/mol. The van der Waals surface area contributed by atoms with Gasteiger partial charge in [0.15, 0.2) is 5.43 Å². The fourth-order valence-corrected chi connectivity index (χ4v) is 2.54. The van der Waals surface area contributed by atoms with E-state index in [0.717, 1.165) is 16.5 Å². The molecule has 0 aliphatic rings. The normalized spacial score (nSPS) is 10.7. The number of aromatic amines is 1. The Kier molecular flexibility index (Phi) is 4.04. The Morgan fingerprint density at radius 1 is 1.32 bits per heavy atom. The highest BCUT2D eigenvalue weighted by molar-refractivity contribution is 9.10. The van der Waals surface area contributed by atoms with Crippen LogP contribution in [0.15, 0.2) is 27.5 Å². The largest absolute Gasteiger partial charge is 0.461 e. The summed E-state index contributed by atoms with van der Waals surface area (Å²) in [5.74, 6) is -0.514. The van der Waals surface area contributed by atoms with Crippen LogP contribution >= 0.6 is 15.9 Å². The second-order valence-corrected chi connectivity index (χ2v) is 5.02. The van der Waals surface area contributed by atoms with Crippen LogP contribution in [0.3, 0.4) is 0 Å². The number of hydrogen-bond donors (Lipinski definition) is 1. The molecule has 2 rings (SSSR count). The molecule has 0 radical (unpaired) electrons. The van der Waals surface area contributed by atoms with E-state index in [1.165, 1.54) is 6.07 Å². The van der Waals surface area contributed by atoms with Crippen molar-refractivity contribution in [1.29, 1.82) is 0 Å². The lowest BCUT2D eigenvalue weighted by Gasteiger charge is -2.08. The fraction of sp³-hybridized carbons (Fsp3) is 0.286. The molecule has 5 heteroatoms. The first kappa shape index (κ1) is 13.8. The Morgan fingerprint density at radius 3 is 2.68 bits per heavy atom. The van der Waals surface area contributed by atoms with Crippen molar-refractivity contribution in [1.82, 2.24) is 4.98 Å². The average molecular weight is 324 g/mol. The van der Waals surface area contributed by atoms with Gasteiger partial charge in [0.05, 0.1) is 12.1 Å². The third-order valence-corrected chi connectivity index (χ3v) is 3.31. The molecule has 0 aliphatic carbocycles. The van der Waals surface area contributed by atoms with Crippen molar-refractivity contribution >= 4 is 32.8 Å². The Balaban J connectivity index is 2.70. The molecule has 0 atom stereocenters. The highest BCUT2D eigenvalue weighted by atomic mass is 79.9. The Bertz CT molecular complexity index is 691. The molecule has 1 heterocycles. The van der Waals surface area contributed by atoms with Crippen molar-refractivity contribution in [2.75, 3.05) is 6.61 Å². The quantitative estimate of drug-likeness (QED) is 0.883. The van der Waals surface area contributed by atoms with Gasteiger partial charge in [-0.1, -0.05) is 22.9 Å². The number of pyridine rings is 1. The van der Waals surface area contributed by atoms with E-state index in [0.29, 0.717) is 10.9 Å². The summed E-state index contributed by atoms with van der Waals surface area (Å²) in [6.45, 7) is 3.99. The standard InChI is InChI=1S/C14H14BrNO3/c1-3-8-5-9(15)6-10-13(8)12(17)7-11(16-10)14(18)19-4-2/h5-7H,3-4H2,1-2H3,(H,16,17). The summed E-state index contributed by atoms with van der Waals surface area (Å²) in [6.07, 6.45) is 0.748. The van der Waals surface area contributed by atoms with E-state index < -0.39 is 5.97 Å². The van der Waals surface area contributed by atoms with E-state index in [1.807, 2.05) is 13.0 Å². The van der Waals surface area contributed by atoms with E-state index in [4.69, 9.17) is 4.74 Å². The molecule has 1 N–H and O–H groups in total. The van der Waals surface area contributed by atoms with Gasteiger partial charge in [-0.05, 0) is 31.0 Å². The van der Waals surface area contributed by atoms with E-state index in [9.17, 15) is 9.59 Å². The summed E-state index contributed by atoms with van der Waals surface area (Å²) >= 11 is 3.40. The molecule has 0 amide bonds. The van der Waals surface area contributed by atoms with Crippen molar-refractivity contribution in [2.45, 2.75) is 20.3 Å². The molecule has 0 unspecified atom stereocenters. The lowest BCUT2D eigenvalue weighted by molar-refractivity contribution is 0.0520. The number of aryl methyl sites for hydroxylation is 1. The van der Waals surface area contributed by atoms with Gasteiger partial charge in [0.1, 0.15) is 5.69 Å². The summed E-state index contributed by atoms with van der Waals surface area (Å²) in [4.78, 5) is 26.8. The van der Waals surface area contributed by atoms with Gasteiger partial charge < -0.3 is 9.72 Å². The van der Waals surface area contributed by atoms with Gasteiger partial charge in [-0.25, -0.2) is 4.79 Å². The molecule has 0 saturated heterocycles. The summed E-state index contributed by atoms with van der Waals surface area (Å²) in [7, 11) is 0. The number of fused-ring (bicyclic) bond motifs is 1. The van der Waals surface area contributed by atoms with Crippen LogP contribution in [0.4, 0.5) is 0 Å². The smallest absolute Gasteiger partial charge is 0.354 e. The molecule has 1 aromatic heterocycles.